The van der Waals surface area contributed by atoms with E-state index >= 15 is 0 Å². The van der Waals surface area contributed by atoms with Crippen LogP contribution in [0.5, 0.6) is 11.5 Å². The number of anilines is 1. The van der Waals surface area contributed by atoms with Crippen molar-refractivity contribution in [1.82, 2.24) is 10.2 Å². The van der Waals surface area contributed by atoms with Gasteiger partial charge in [-0.3, -0.25) is 9.89 Å². The fourth-order valence-electron chi connectivity index (χ4n) is 3.62. The number of likely N-dealkylation sites (tertiary alicyclic amines) is 1. The second-order valence-electron chi connectivity index (χ2n) is 7.08. The first-order chi connectivity index (χ1) is 14.1. The zero-order valence-corrected chi connectivity index (χ0v) is 20.6. The highest BCUT2D eigenvalue weighted by Gasteiger charge is 2.26. The molecule has 2 heterocycles. The molecule has 0 aliphatic carbocycles. The fraction of sp³-hybridized carbons (Fsp3) is 0.500. The van der Waals surface area contributed by atoms with Crippen molar-refractivity contribution in [3.63, 3.8) is 0 Å². The van der Waals surface area contributed by atoms with Crippen LogP contribution in [0.25, 0.3) is 0 Å². The molecule has 0 radical (unpaired) electrons. The molecule has 1 saturated heterocycles. The molecule has 0 saturated carbocycles. The van der Waals surface area contributed by atoms with Crippen LogP contribution in [0.4, 0.5) is 5.69 Å². The molecule has 2 aromatic rings. The van der Waals surface area contributed by atoms with Gasteiger partial charge in [0, 0.05) is 25.3 Å². The average Bonchev–Trinajstić information content (AvgIpc) is 3.41. The van der Waals surface area contributed by atoms with E-state index < -0.39 is 0 Å². The van der Waals surface area contributed by atoms with Crippen molar-refractivity contribution in [3.8, 4) is 11.5 Å². The molecule has 2 N–H and O–H groups in total. The van der Waals surface area contributed by atoms with Crippen molar-refractivity contribution in [2.45, 2.75) is 32.7 Å². The van der Waals surface area contributed by atoms with Crippen LogP contribution >= 0.6 is 24.0 Å². The summed E-state index contributed by atoms with van der Waals surface area (Å²) in [6.45, 7) is 7.42. The summed E-state index contributed by atoms with van der Waals surface area (Å²) < 4.78 is 17.0. The maximum Gasteiger partial charge on any atom is 0.195 e. The second kappa shape index (κ2) is 12.0. The third kappa shape index (κ3) is 6.28. The van der Waals surface area contributed by atoms with Gasteiger partial charge >= 0.3 is 0 Å². The summed E-state index contributed by atoms with van der Waals surface area (Å²) in [4.78, 5) is 6.84. The maximum atomic E-state index is 5.94. The highest BCUT2D eigenvalue weighted by atomic mass is 127. The number of halogens is 1. The van der Waals surface area contributed by atoms with Gasteiger partial charge in [-0.2, -0.15) is 0 Å². The van der Waals surface area contributed by atoms with Gasteiger partial charge in [-0.15, -0.1) is 24.0 Å². The zero-order chi connectivity index (χ0) is 20.6. The van der Waals surface area contributed by atoms with Gasteiger partial charge in [0.1, 0.15) is 11.5 Å². The predicted octanol–water partition coefficient (Wildman–Crippen LogP) is 4.44. The molecule has 0 spiro atoms. The van der Waals surface area contributed by atoms with Crippen LogP contribution in [0.1, 0.15) is 37.3 Å². The Bertz CT molecular complexity index is 818. The lowest BCUT2D eigenvalue weighted by Crippen LogP contribution is -2.39. The largest absolute Gasteiger partial charge is 0.493 e. The van der Waals surface area contributed by atoms with Crippen LogP contribution < -0.4 is 20.1 Å². The monoisotopic (exact) mass is 528 g/mol. The van der Waals surface area contributed by atoms with Gasteiger partial charge in [-0.05, 0) is 64.0 Å². The van der Waals surface area contributed by atoms with Crippen LogP contribution in [0.2, 0.25) is 0 Å². The molecule has 8 heteroatoms. The first kappa shape index (κ1) is 24.3. The topological polar surface area (TPSA) is 71.3 Å². The number of rotatable bonds is 8. The van der Waals surface area contributed by atoms with Gasteiger partial charge in [-0.1, -0.05) is 0 Å². The first-order valence-electron chi connectivity index (χ1n) is 10.2. The first-order valence-corrected chi connectivity index (χ1v) is 10.2. The average molecular weight is 528 g/mol. The van der Waals surface area contributed by atoms with Crippen molar-refractivity contribution in [2.75, 3.05) is 45.7 Å². The molecule has 1 unspecified atom stereocenters. The molecule has 1 aliphatic rings. The van der Waals surface area contributed by atoms with Gasteiger partial charge in [-0.25, -0.2) is 0 Å². The molecule has 1 aliphatic heterocycles. The van der Waals surface area contributed by atoms with Gasteiger partial charge in [0.05, 0.1) is 19.8 Å². The zero-order valence-electron chi connectivity index (χ0n) is 18.2. The fourth-order valence-corrected chi connectivity index (χ4v) is 3.62. The van der Waals surface area contributed by atoms with E-state index in [2.05, 4.69) is 26.6 Å². The Morgan fingerprint density at radius 1 is 1.20 bits per heavy atom. The van der Waals surface area contributed by atoms with Crippen molar-refractivity contribution in [1.29, 1.82) is 0 Å². The van der Waals surface area contributed by atoms with Crippen LogP contribution in [0.15, 0.2) is 39.7 Å². The molecule has 0 amide bonds. The molecule has 7 nitrogen and oxygen atoms in total. The van der Waals surface area contributed by atoms with Crippen LogP contribution in [0.3, 0.4) is 0 Å². The maximum absolute atomic E-state index is 5.94. The standard InChI is InChI=1S/C22H32N4O3.HI/c1-5-28-20-11-9-17(14-21(20)27-4)25-22(23-3)24-15-18(26-12-6-7-13-26)19-10-8-16(2)29-19;/h8-11,14,18H,5-7,12-13,15H2,1-4H3,(H2,23,24,25);1H. The minimum absolute atomic E-state index is 0. The van der Waals surface area contributed by atoms with Crippen LogP contribution in [-0.4, -0.2) is 51.3 Å². The highest BCUT2D eigenvalue weighted by Crippen LogP contribution is 2.30. The molecule has 1 fully saturated rings. The molecule has 0 bridgehead atoms. The minimum atomic E-state index is 0. The SMILES string of the molecule is CCOc1ccc(NC(=NC)NCC(c2ccc(C)o2)N2CCCC2)cc1OC.I. The summed E-state index contributed by atoms with van der Waals surface area (Å²) in [5, 5.41) is 6.77. The third-order valence-corrected chi connectivity index (χ3v) is 5.08. The van der Waals surface area contributed by atoms with E-state index in [4.69, 9.17) is 13.9 Å². The van der Waals surface area contributed by atoms with Crippen molar-refractivity contribution < 1.29 is 13.9 Å². The lowest BCUT2D eigenvalue weighted by molar-refractivity contribution is 0.214. The van der Waals surface area contributed by atoms with E-state index in [0.717, 1.165) is 36.0 Å². The molecular formula is C22H33IN4O3. The van der Waals surface area contributed by atoms with E-state index in [9.17, 15) is 0 Å². The summed E-state index contributed by atoms with van der Waals surface area (Å²) in [5.74, 6) is 4.05. The molecule has 1 aromatic heterocycles. The Morgan fingerprint density at radius 2 is 1.97 bits per heavy atom. The van der Waals surface area contributed by atoms with Crippen LogP contribution in [-0.2, 0) is 0 Å². The minimum Gasteiger partial charge on any atom is -0.493 e. The number of aliphatic imine (C=N–C) groups is 1. The summed E-state index contributed by atoms with van der Waals surface area (Å²) >= 11 is 0. The normalized spacial score (nSPS) is 15.4. The lowest BCUT2D eigenvalue weighted by Gasteiger charge is -2.27. The molecule has 3 rings (SSSR count). The molecular weight excluding hydrogens is 495 g/mol. The number of nitrogens with one attached hydrogen (secondary N) is 2. The lowest BCUT2D eigenvalue weighted by atomic mass is 10.2. The van der Waals surface area contributed by atoms with E-state index in [-0.39, 0.29) is 30.0 Å². The second-order valence-corrected chi connectivity index (χ2v) is 7.08. The van der Waals surface area contributed by atoms with Crippen molar-refractivity contribution in [2.24, 2.45) is 4.99 Å². The Kier molecular flexibility index (Phi) is 9.77. The molecule has 1 atom stereocenters. The highest BCUT2D eigenvalue weighted by molar-refractivity contribution is 14.0. The van der Waals surface area contributed by atoms with Gasteiger partial charge in [0.2, 0.25) is 0 Å². The number of aryl methyl sites for hydroxylation is 1. The van der Waals surface area contributed by atoms with E-state index in [1.807, 2.05) is 38.1 Å². The Morgan fingerprint density at radius 3 is 2.57 bits per heavy atom. The number of furan rings is 1. The Hall–Kier alpha value is -1.94. The Balaban J connectivity index is 0.00000320. The van der Waals surface area contributed by atoms with Gasteiger partial charge in [0.25, 0.3) is 0 Å². The number of hydrogen-bond acceptors (Lipinski definition) is 5. The van der Waals surface area contributed by atoms with Crippen molar-refractivity contribution in [3.05, 3.63) is 41.9 Å². The predicted molar refractivity (Wildman–Crippen MR) is 132 cm³/mol. The quantitative estimate of drug-likeness (QED) is 0.300. The van der Waals surface area contributed by atoms with Gasteiger partial charge in [0.15, 0.2) is 17.5 Å². The number of guanidine groups is 1. The number of ether oxygens (including phenoxy) is 2. The summed E-state index contributed by atoms with van der Waals surface area (Å²) in [6, 6.07) is 10.0. The van der Waals surface area contributed by atoms with Crippen LogP contribution in [0, 0.1) is 6.92 Å². The van der Waals surface area contributed by atoms with Gasteiger partial charge < -0.3 is 24.5 Å². The number of nitrogens with zero attached hydrogens (tertiary/aromatic N) is 2. The van der Waals surface area contributed by atoms with E-state index in [0.29, 0.717) is 24.9 Å². The summed E-state index contributed by atoms with van der Waals surface area (Å²) in [7, 11) is 3.41. The molecule has 30 heavy (non-hydrogen) atoms. The van der Waals surface area contributed by atoms with Crippen molar-refractivity contribution >= 4 is 35.6 Å². The molecule has 166 valence electrons. The summed E-state index contributed by atoms with van der Waals surface area (Å²) in [6.07, 6.45) is 2.46. The van der Waals surface area contributed by atoms with E-state index in [1.54, 1.807) is 14.2 Å². The Labute approximate surface area is 196 Å². The van der Waals surface area contributed by atoms with E-state index in [1.165, 1.54) is 12.8 Å². The smallest absolute Gasteiger partial charge is 0.195 e. The molecule has 1 aromatic carbocycles. The number of methoxy groups -OCH3 is 1. The number of benzene rings is 1. The number of hydrogen-bond donors (Lipinski definition) is 2. The summed E-state index contributed by atoms with van der Waals surface area (Å²) in [5.41, 5.74) is 0.880. The third-order valence-electron chi connectivity index (χ3n) is 5.08.